The predicted molar refractivity (Wildman–Crippen MR) is 47.7 cm³/mol. The van der Waals surface area contributed by atoms with Crippen LogP contribution < -0.4 is 5.32 Å². The number of aromatic carboxylic acids is 1. The number of rotatable bonds is 4. The monoisotopic (exact) mass is 179 g/mol. The smallest absolute Gasteiger partial charge is 0.356 e. The standard InChI is InChI=1S/C8H9N3O2/c1-2-3-9-7-5-10-6(4-11-7)8(12)13/h2,4-5H,1,3H2,(H,9,11)(H,12,13). The summed E-state index contributed by atoms with van der Waals surface area (Å²) in [5, 5.41) is 11.4. The number of anilines is 1. The zero-order valence-electron chi connectivity index (χ0n) is 6.90. The maximum atomic E-state index is 10.4. The summed E-state index contributed by atoms with van der Waals surface area (Å²) in [4.78, 5) is 17.9. The molecule has 0 saturated heterocycles. The summed E-state index contributed by atoms with van der Waals surface area (Å²) in [5.74, 6) is -0.548. The Bertz CT molecular complexity index is 308. The molecule has 1 rings (SSSR count). The second kappa shape index (κ2) is 4.20. The van der Waals surface area contributed by atoms with Gasteiger partial charge in [0.15, 0.2) is 5.69 Å². The second-order valence-electron chi connectivity index (χ2n) is 2.26. The van der Waals surface area contributed by atoms with Crippen LogP contribution in [0.1, 0.15) is 10.5 Å². The molecule has 0 aliphatic carbocycles. The molecule has 5 heteroatoms. The topological polar surface area (TPSA) is 75.1 Å². The van der Waals surface area contributed by atoms with E-state index >= 15 is 0 Å². The molecule has 68 valence electrons. The molecular formula is C8H9N3O2. The Kier molecular flexibility index (Phi) is 2.97. The minimum Gasteiger partial charge on any atom is -0.476 e. The lowest BCUT2D eigenvalue weighted by molar-refractivity contribution is 0.0690. The van der Waals surface area contributed by atoms with Crippen LogP contribution >= 0.6 is 0 Å². The van der Waals surface area contributed by atoms with Crippen molar-refractivity contribution in [3.05, 3.63) is 30.7 Å². The van der Waals surface area contributed by atoms with Crippen LogP contribution in [0.2, 0.25) is 0 Å². The molecule has 0 amide bonds. The molecule has 0 aliphatic rings. The second-order valence-corrected chi connectivity index (χ2v) is 2.26. The minimum atomic E-state index is -1.08. The molecule has 5 nitrogen and oxygen atoms in total. The number of nitrogens with one attached hydrogen (secondary N) is 1. The SMILES string of the molecule is C=CCNc1cnc(C(=O)O)cn1. The Morgan fingerprint density at radius 3 is 2.85 bits per heavy atom. The summed E-state index contributed by atoms with van der Waals surface area (Å²) in [6.07, 6.45) is 4.24. The molecule has 1 heterocycles. The van der Waals surface area contributed by atoms with E-state index in [1.54, 1.807) is 6.08 Å². The highest BCUT2D eigenvalue weighted by Crippen LogP contribution is 1.99. The van der Waals surface area contributed by atoms with Gasteiger partial charge in [-0.25, -0.2) is 14.8 Å². The van der Waals surface area contributed by atoms with E-state index in [0.717, 1.165) is 0 Å². The molecule has 0 fully saturated rings. The highest BCUT2D eigenvalue weighted by Gasteiger charge is 2.03. The Morgan fingerprint density at radius 2 is 2.38 bits per heavy atom. The van der Waals surface area contributed by atoms with Gasteiger partial charge in [-0.1, -0.05) is 6.08 Å². The normalized spacial score (nSPS) is 9.23. The zero-order valence-corrected chi connectivity index (χ0v) is 6.90. The van der Waals surface area contributed by atoms with Gasteiger partial charge in [0, 0.05) is 6.54 Å². The largest absolute Gasteiger partial charge is 0.476 e. The number of carbonyl (C=O) groups is 1. The first-order chi connectivity index (χ1) is 6.24. The molecule has 0 saturated carbocycles. The average Bonchev–Trinajstić information content (AvgIpc) is 2.15. The molecule has 0 radical (unpaired) electrons. The van der Waals surface area contributed by atoms with Gasteiger partial charge in [0.2, 0.25) is 0 Å². The van der Waals surface area contributed by atoms with Gasteiger partial charge in [-0.3, -0.25) is 0 Å². The Morgan fingerprint density at radius 1 is 1.62 bits per heavy atom. The van der Waals surface area contributed by atoms with Crippen molar-refractivity contribution in [3.8, 4) is 0 Å². The summed E-state index contributed by atoms with van der Waals surface area (Å²) in [6.45, 7) is 4.09. The molecule has 0 bridgehead atoms. The maximum absolute atomic E-state index is 10.4. The van der Waals surface area contributed by atoms with E-state index < -0.39 is 5.97 Å². The summed E-state index contributed by atoms with van der Waals surface area (Å²) < 4.78 is 0. The van der Waals surface area contributed by atoms with Gasteiger partial charge in [-0.2, -0.15) is 0 Å². The van der Waals surface area contributed by atoms with Crippen molar-refractivity contribution in [3.63, 3.8) is 0 Å². The summed E-state index contributed by atoms with van der Waals surface area (Å²) in [5.41, 5.74) is -0.0656. The fourth-order valence-electron chi connectivity index (χ4n) is 0.707. The first-order valence-corrected chi connectivity index (χ1v) is 3.64. The van der Waals surface area contributed by atoms with Crippen molar-refractivity contribution >= 4 is 11.8 Å². The number of carboxylic acid groups (broad SMARTS) is 1. The van der Waals surface area contributed by atoms with Crippen molar-refractivity contribution in [1.29, 1.82) is 0 Å². The molecule has 0 aromatic carbocycles. The fraction of sp³-hybridized carbons (Fsp3) is 0.125. The lowest BCUT2D eigenvalue weighted by atomic mass is 10.4. The van der Waals surface area contributed by atoms with Crippen LogP contribution in [0.25, 0.3) is 0 Å². The van der Waals surface area contributed by atoms with Gasteiger partial charge >= 0.3 is 5.97 Å². The summed E-state index contributed by atoms with van der Waals surface area (Å²) in [6, 6.07) is 0. The van der Waals surface area contributed by atoms with Crippen LogP contribution in [-0.4, -0.2) is 27.6 Å². The number of carboxylic acids is 1. The first-order valence-electron chi connectivity index (χ1n) is 3.64. The van der Waals surface area contributed by atoms with E-state index in [2.05, 4.69) is 21.9 Å². The van der Waals surface area contributed by atoms with Gasteiger partial charge in [0.25, 0.3) is 0 Å². The molecule has 0 atom stereocenters. The molecule has 0 unspecified atom stereocenters. The zero-order chi connectivity index (χ0) is 9.68. The minimum absolute atomic E-state index is 0.0656. The van der Waals surface area contributed by atoms with Crippen LogP contribution in [0.4, 0.5) is 5.82 Å². The predicted octanol–water partition coefficient (Wildman–Crippen LogP) is 0.773. The third kappa shape index (κ3) is 2.55. The van der Waals surface area contributed by atoms with Crippen molar-refractivity contribution in [2.24, 2.45) is 0 Å². The molecule has 1 aromatic rings. The molecule has 13 heavy (non-hydrogen) atoms. The average molecular weight is 179 g/mol. The first kappa shape index (κ1) is 9.18. The van der Waals surface area contributed by atoms with Crippen molar-refractivity contribution in [1.82, 2.24) is 9.97 Å². The van der Waals surface area contributed by atoms with Crippen molar-refractivity contribution in [2.75, 3.05) is 11.9 Å². The van der Waals surface area contributed by atoms with Gasteiger partial charge in [-0.15, -0.1) is 6.58 Å². The lowest BCUT2D eigenvalue weighted by Crippen LogP contribution is -2.05. The van der Waals surface area contributed by atoms with E-state index in [0.29, 0.717) is 12.4 Å². The third-order valence-corrected chi connectivity index (χ3v) is 1.30. The van der Waals surface area contributed by atoms with Crippen LogP contribution in [0.15, 0.2) is 25.0 Å². The van der Waals surface area contributed by atoms with Gasteiger partial charge in [0.05, 0.1) is 12.4 Å². The van der Waals surface area contributed by atoms with Crippen LogP contribution in [-0.2, 0) is 0 Å². The number of hydrogen-bond donors (Lipinski definition) is 2. The van der Waals surface area contributed by atoms with Crippen LogP contribution in [0.3, 0.4) is 0 Å². The Labute approximate surface area is 75.1 Å². The van der Waals surface area contributed by atoms with Gasteiger partial charge < -0.3 is 10.4 Å². The highest BCUT2D eigenvalue weighted by molar-refractivity contribution is 5.84. The number of nitrogens with zero attached hydrogens (tertiary/aromatic N) is 2. The summed E-state index contributed by atoms with van der Waals surface area (Å²) in [7, 11) is 0. The molecule has 1 aromatic heterocycles. The molecule has 0 spiro atoms. The summed E-state index contributed by atoms with van der Waals surface area (Å²) >= 11 is 0. The quantitative estimate of drug-likeness (QED) is 0.668. The maximum Gasteiger partial charge on any atom is 0.356 e. The van der Waals surface area contributed by atoms with Crippen molar-refractivity contribution in [2.45, 2.75) is 0 Å². The Hall–Kier alpha value is -1.91. The third-order valence-electron chi connectivity index (χ3n) is 1.30. The van der Waals surface area contributed by atoms with Gasteiger partial charge in [0.1, 0.15) is 5.82 Å². The van der Waals surface area contributed by atoms with E-state index in [1.165, 1.54) is 12.4 Å². The van der Waals surface area contributed by atoms with Crippen LogP contribution in [0.5, 0.6) is 0 Å². The number of hydrogen-bond acceptors (Lipinski definition) is 4. The van der Waals surface area contributed by atoms with Gasteiger partial charge in [-0.05, 0) is 0 Å². The molecular weight excluding hydrogens is 170 g/mol. The fourth-order valence-corrected chi connectivity index (χ4v) is 0.707. The molecule has 0 aliphatic heterocycles. The van der Waals surface area contributed by atoms with Crippen molar-refractivity contribution < 1.29 is 9.90 Å². The van der Waals surface area contributed by atoms with E-state index in [4.69, 9.17) is 5.11 Å². The lowest BCUT2D eigenvalue weighted by Gasteiger charge is -2.00. The van der Waals surface area contributed by atoms with E-state index in [1.807, 2.05) is 0 Å². The van der Waals surface area contributed by atoms with Crippen LogP contribution in [0, 0.1) is 0 Å². The number of aromatic nitrogens is 2. The van der Waals surface area contributed by atoms with E-state index in [-0.39, 0.29) is 5.69 Å². The highest BCUT2D eigenvalue weighted by atomic mass is 16.4. The van der Waals surface area contributed by atoms with E-state index in [9.17, 15) is 4.79 Å². The Balaban J connectivity index is 2.69. The molecule has 2 N–H and O–H groups in total.